The van der Waals surface area contributed by atoms with Crippen LogP contribution in [0.2, 0.25) is 0 Å². The Balaban J connectivity index is 1.34. The fourth-order valence-electron chi connectivity index (χ4n) is 3.76. The van der Waals surface area contributed by atoms with E-state index in [4.69, 9.17) is 0 Å². The van der Waals surface area contributed by atoms with E-state index in [2.05, 4.69) is 4.74 Å². The number of carbonyl (C=O) groups excluding carboxylic acids is 1. The van der Waals surface area contributed by atoms with Crippen molar-refractivity contribution in [2.45, 2.75) is 17.2 Å². The van der Waals surface area contributed by atoms with E-state index in [0.717, 1.165) is 41.0 Å². The lowest BCUT2D eigenvalue weighted by Crippen LogP contribution is -2.52. The third kappa shape index (κ3) is 4.90. The Morgan fingerprint density at radius 2 is 1.55 bits per heavy atom. The van der Waals surface area contributed by atoms with E-state index in [9.17, 15) is 31.5 Å². The van der Waals surface area contributed by atoms with Crippen LogP contribution in [0.15, 0.2) is 70.6 Å². The fourth-order valence-corrected chi connectivity index (χ4v) is 5.19. The highest BCUT2D eigenvalue weighted by Crippen LogP contribution is 2.32. The van der Waals surface area contributed by atoms with E-state index < -0.39 is 28.1 Å². The molecule has 0 spiro atoms. The molecule has 0 unspecified atom stereocenters. The van der Waals surface area contributed by atoms with E-state index in [1.165, 1.54) is 4.31 Å². The van der Waals surface area contributed by atoms with Crippen molar-refractivity contribution >= 4 is 15.9 Å². The average molecular weight is 482 g/mol. The number of alkyl halides is 3. The second-order valence-electron chi connectivity index (χ2n) is 7.84. The molecule has 2 fully saturated rings. The van der Waals surface area contributed by atoms with Crippen LogP contribution < -0.4 is 4.74 Å². The highest BCUT2D eigenvalue weighted by atomic mass is 32.2. The summed E-state index contributed by atoms with van der Waals surface area (Å²) in [5, 5.41) is 9.66. The molecule has 4 rings (SSSR count). The van der Waals surface area contributed by atoms with Gasteiger partial charge in [0.05, 0.1) is 17.4 Å². The molecule has 2 aliphatic rings. The Morgan fingerprint density at radius 1 is 0.970 bits per heavy atom. The number of rotatable bonds is 6. The third-order valence-electron chi connectivity index (χ3n) is 5.69. The number of ether oxygens (including phenoxy) is 1. The largest absolute Gasteiger partial charge is 0.573 e. The van der Waals surface area contributed by atoms with Crippen molar-refractivity contribution < 1.29 is 36.2 Å². The van der Waals surface area contributed by atoms with Gasteiger partial charge >= 0.3 is 6.36 Å². The van der Waals surface area contributed by atoms with Crippen LogP contribution in [0, 0.1) is 0 Å². The molecule has 1 amide bonds. The number of aliphatic hydroxyl groups is 1. The molecule has 0 aliphatic carbocycles. The van der Waals surface area contributed by atoms with E-state index in [1.807, 2.05) is 6.07 Å². The third-order valence-corrected chi connectivity index (χ3v) is 7.49. The van der Waals surface area contributed by atoms with Gasteiger partial charge in [-0.05, 0) is 41.0 Å². The molecule has 0 saturated carbocycles. The maximum Gasteiger partial charge on any atom is 0.573 e. The number of likely N-dealkylation sites (tertiary alicyclic amines) is 1. The first-order valence-electron chi connectivity index (χ1n) is 10.1. The molecule has 176 valence electrons. The minimum absolute atomic E-state index is 0.125. The zero-order valence-corrected chi connectivity index (χ0v) is 18.1. The molecule has 2 saturated heterocycles. The predicted octanol–water partition coefficient (Wildman–Crippen LogP) is 2.50. The van der Waals surface area contributed by atoms with Crippen molar-refractivity contribution in [3.8, 4) is 5.75 Å². The molecule has 33 heavy (non-hydrogen) atoms. The molecular weight excluding hydrogens is 461 g/mol. The van der Waals surface area contributed by atoms with Gasteiger partial charge in [0, 0.05) is 26.2 Å². The van der Waals surface area contributed by atoms with Gasteiger partial charge in [-0.1, -0.05) is 30.3 Å². The number of hydrogen-bond acceptors (Lipinski definition) is 5. The lowest BCUT2D eigenvalue weighted by molar-refractivity contribution is -0.274. The standard InChI is InChI=1S/C22H21F3N2O5S/c23-22(24,25)32-18-6-8-19(9-7-18)33(30,31)27-12-17(13-27)16-10-26(11-16)21(29)20(14-28)15-4-2-1-3-5-15/h1-9,20,28H,10-14H2/t20-/m1/s1. The van der Waals surface area contributed by atoms with Crippen LogP contribution in [0.5, 0.6) is 5.75 Å². The van der Waals surface area contributed by atoms with E-state index in [-0.39, 0.29) is 30.5 Å². The number of nitrogens with zero attached hydrogens (tertiary/aromatic N) is 2. The van der Waals surface area contributed by atoms with Crippen molar-refractivity contribution in [1.29, 1.82) is 0 Å². The van der Waals surface area contributed by atoms with Crippen LogP contribution in [-0.4, -0.2) is 67.8 Å². The van der Waals surface area contributed by atoms with E-state index in [1.54, 1.807) is 29.2 Å². The Morgan fingerprint density at radius 3 is 2.09 bits per heavy atom. The van der Waals surface area contributed by atoms with Gasteiger partial charge in [-0.15, -0.1) is 13.2 Å². The molecule has 0 bridgehead atoms. The van der Waals surface area contributed by atoms with Crippen LogP contribution in [0.4, 0.5) is 13.2 Å². The second kappa shape index (κ2) is 8.81. The second-order valence-corrected chi connectivity index (χ2v) is 9.78. The summed E-state index contributed by atoms with van der Waals surface area (Å²) in [4.78, 5) is 14.2. The van der Waals surface area contributed by atoms with E-state index in [0.29, 0.717) is 13.1 Å². The zero-order valence-electron chi connectivity index (χ0n) is 17.3. The van der Waals surface area contributed by atoms with Crippen molar-refractivity contribution in [3.05, 3.63) is 71.3 Å². The number of hydrogen-bond donors (Lipinski definition) is 1. The Hall–Kier alpha value is -2.89. The van der Waals surface area contributed by atoms with Crippen molar-refractivity contribution in [2.75, 3.05) is 32.8 Å². The maximum atomic E-state index is 12.7. The molecule has 0 radical (unpaired) electrons. The summed E-state index contributed by atoms with van der Waals surface area (Å²) in [6.45, 7) is 0.805. The number of benzene rings is 2. The fraction of sp³-hybridized carbons (Fsp3) is 0.318. The van der Waals surface area contributed by atoms with Crippen molar-refractivity contribution in [1.82, 2.24) is 9.21 Å². The number of carbonyl (C=O) groups is 1. The number of halogens is 3. The molecule has 11 heteroatoms. The summed E-state index contributed by atoms with van der Waals surface area (Å²) >= 11 is 0. The number of amides is 1. The normalized spacial score (nSPS) is 17.9. The summed E-state index contributed by atoms with van der Waals surface area (Å²) in [6.07, 6.45) is -4.85. The van der Waals surface area contributed by atoms with Gasteiger partial charge in [0.2, 0.25) is 15.9 Å². The first kappa shape index (κ1) is 23.3. The first-order valence-corrected chi connectivity index (χ1v) is 11.5. The molecule has 2 heterocycles. The Kier molecular flexibility index (Phi) is 6.21. The maximum absolute atomic E-state index is 12.7. The molecule has 2 aromatic rings. The molecular formula is C22H21F3N2O5S. The Bertz CT molecular complexity index is 1150. The van der Waals surface area contributed by atoms with Gasteiger partial charge in [0.25, 0.3) is 0 Å². The lowest BCUT2D eigenvalue weighted by atomic mass is 9.92. The molecule has 7 nitrogen and oxygen atoms in total. The number of aliphatic hydroxyl groups excluding tert-OH is 1. The molecule has 2 aliphatic heterocycles. The molecule has 0 aromatic heterocycles. The average Bonchev–Trinajstić information content (AvgIpc) is 2.69. The highest BCUT2D eigenvalue weighted by Gasteiger charge is 2.39. The van der Waals surface area contributed by atoms with E-state index >= 15 is 0 Å². The van der Waals surface area contributed by atoms with Crippen LogP contribution in [0.25, 0.3) is 0 Å². The zero-order chi connectivity index (χ0) is 23.8. The van der Waals surface area contributed by atoms with Gasteiger partial charge in [-0.3, -0.25) is 4.79 Å². The van der Waals surface area contributed by atoms with Crippen LogP contribution >= 0.6 is 0 Å². The minimum atomic E-state index is -4.85. The van der Waals surface area contributed by atoms with Gasteiger partial charge in [0.1, 0.15) is 5.75 Å². The van der Waals surface area contributed by atoms with Gasteiger partial charge in [-0.25, -0.2) is 8.42 Å². The summed E-state index contributed by atoms with van der Waals surface area (Å²) in [5.74, 6) is -1.32. The van der Waals surface area contributed by atoms with Gasteiger partial charge in [-0.2, -0.15) is 4.31 Å². The summed E-state index contributed by atoms with van der Waals surface area (Å²) in [7, 11) is -3.85. The van der Waals surface area contributed by atoms with Crippen molar-refractivity contribution in [2.24, 2.45) is 0 Å². The first-order chi connectivity index (χ1) is 15.6. The highest BCUT2D eigenvalue weighted by molar-refractivity contribution is 7.89. The smallest absolute Gasteiger partial charge is 0.406 e. The monoisotopic (exact) mass is 482 g/mol. The Labute approximate surface area is 188 Å². The lowest BCUT2D eigenvalue weighted by Gasteiger charge is -2.42. The topological polar surface area (TPSA) is 87.2 Å². The predicted molar refractivity (Wildman–Crippen MR) is 112 cm³/mol. The van der Waals surface area contributed by atoms with Crippen LogP contribution in [-0.2, 0) is 14.8 Å². The van der Waals surface area contributed by atoms with Crippen molar-refractivity contribution in [3.63, 3.8) is 0 Å². The van der Waals surface area contributed by atoms with Crippen LogP contribution in [0.3, 0.4) is 0 Å². The summed E-state index contributed by atoms with van der Waals surface area (Å²) in [6, 6.07) is 13.1. The summed E-state index contributed by atoms with van der Waals surface area (Å²) < 4.78 is 67.2. The van der Waals surface area contributed by atoms with Gasteiger partial charge in [0.15, 0.2) is 0 Å². The molecule has 2 aromatic carbocycles. The molecule has 1 atom stereocenters. The van der Waals surface area contributed by atoms with Crippen LogP contribution in [0.1, 0.15) is 11.5 Å². The van der Waals surface area contributed by atoms with Gasteiger partial charge < -0.3 is 14.7 Å². The minimum Gasteiger partial charge on any atom is -0.406 e. The SMILES string of the molecule is O=C([C@H](CO)c1ccccc1)N1CC(=C2CN(S(=O)(=O)c3ccc(OC(F)(F)F)cc3)C2)C1. The summed E-state index contributed by atoms with van der Waals surface area (Å²) in [5.41, 5.74) is 2.63. The number of sulfonamides is 1. The molecule has 1 N–H and O–H groups in total. The quantitative estimate of drug-likeness (QED) is 0.640.